The second kappa shape index (κ2) is 11.6. The largest absolute Gasteiger partial charge is 0.573 e. The topological polar surface area (TPSA) is 44.7 Å². The molecule has 4 nitrogen and oxygen atoms in total. The van der Waals surface area contributed by atoms with Gasteiger partial charge in [-0.2, -0.15) is 0 Å². The van der Waals surface area contributed by atoms with Crippen molar-refractivity contribution in [3.05, 3.63) is 54.9 Å². The van der Waals surface area contributed by atoms with Crippen LogP contribution in [0.25, 0.3) is 0 Å². The number of aromatic hydroxyl groups is 1. The third-order valence-electron chi connectivity index (χ3n) is 4.40. The van der Waals surface area contributed by atoms with E-state index in [1.807, 2.05) is 0 Å². The first-order valence-corrected chi connectivity index (χ1v) is 10.7. The molecule has 1 fully saturated rings. The molecule has 0 amide bonds. The molecule has 0 aromatic heterocycles. The lowest BCUT2D eigenvalue weighted by molar-refractivity contribution is -0.274. The summed E-state index contributed by atoms with van der Waals surface area (Å²) >= 11 is 10.4. The van der Waals surface area contributed by atoms with Gasteiger partial charge >= 0.3 is 6.36 Å². The molecule has 3 rings (SSSR count). The first kappa shape index (κ1) is 27.8. The number of rotatable bonds is 4. The number of ether oxygens (including phenoxy) is 1. The number of piperazine rings is 1. The lowest BCUT2D eigenvalue weighted by Crippen LogP contribution is -2.45. The van der Waals surface area contributed by atoms with E-state index < -0.39 is 6.36 Å². The van der Waals surface area contributed by atoms with Crippen LogP contribution in [0.3, 0.4) is 0 Å². The number of phenolic OH excluding ortho intramolecular Hbond substituents is 1. The molecule has 1 atom stereocenters. The predicted octanol–water partition coefficient (Wildman–Crippen LogP) is 6.42. The van der Waals surface area contributed by atoms with E-state index in [0.29, 0.717) is 8.95 Å². The van der Waals surface area contributed by atoms with Gasteiger partial charge in [0, 0.05) is 36.2 Å². The summed E-state index contributed by atoms with van der Waals surface area (Å²) in [6, 6.07) is 7.32. The molecular formula is C18H18Br3Cl2F3N2O2. The fourth-order valence-corrected chi connectivity index (χ4v) is 5.75. The molecule has 168 valence electrons. The van der Waals surface area contributed by atoms with Crippen molar-refractivity contribution in [3.63, 3.8) is 0 Å². The number of nitrogens with one attached hydrogen (secondary N) is 1. The van der Waals surface area contributed by atoms with Crippen molar-refractivity contribution in [2.24, 2.45) is 0 Å². The Kier molecular flexibility index (Phi) is 10.7. The van der Waals surface area contributed by atoms with Gasteiger partial charge in [0.2, 0.25) is 0 Å². The van der Waals surface area contributed by atoms with E-state index in [1.54, 1.807) is 18.2 Å². The average Bonchev–Trinajstić information content (AvgIpc) is 2.64. The summed E-state index contributed by atoms with van der Waals surface area (Å²) in [6.45, 7) is 3.09. The second-order valence-corrected chi connectivity index (χ2v) is 8.72. The predicted molar refractivity (Wildman–Crippen MR) is 125 cm³/mol. The number of benzene rings is 2. The van der Waals surface area contributed by atoms with Gasteiger partial charge < -0.3 is 15.2 Å². The Morgan fingerprint density at radius 2 is 1.57 bits per heavy atom. The highest BCUT2D eigenvalue weighted by Gasteiger charge is 2.32. The van der Waals surface area contributed by atoms with Gasteiger partial charge in [0.15, 0.2) is 0 Å². The zero-order valence-electron chi connectivity index (χ0n) is 15.2. The van der Waals surface area contributed by atoms with Crippen LogP contribution in [0.15, 0.2) is 43.7 Å². The highest BCUT2D eigenvalue weighted by atomic mass is 79.9. The summed E-state index contributed by atoms with van der Waals surface area (Å²) < 4.78 is 43.2. The number of phenols is 1. The molecule has 0 saturated carbocycles. The maximum atomic E-state index is 12.5. The van der Waals surface area contributed by atoms with Crippen LogP contribution in [-0.2, 0) is 0 Å². The first-order chi connectivity index (χ1) is 13.2. The SMILES string of the molecule is Cl.Cl.Oc1c(Br)cc(Br)c([C@@H](c2ccc(OC(F)(F)F)cc2)N2CCNCC2)c1Br. The van der Waals surface area contributed by atoms with Gasteiger partial charge in [-0.3, -0.25) is 4.90 Å². The summed E-state index contributed by atoms with van der Waals surface area (Å²) in [7, 11) is 0. The number of halogens is 8. The Labute approximate surface area is 209 Å². The molecule has 0 unspecified atom stereocenters. The van der Waals surface area contributed by atoms with Crippen LogP contribution in [0.4, 0.5) is 13.2 Å². The molecule has 0 spiro atoms. The molecule has 1 heterocycles. The van der Waals surface area contributed by atoms with Crippen molar-refractivity contribution in [1.29, 1.82) is 0 Å². The Morgan fingerprint density at radius 1 is 1.00 bits per heavy atom. The lowest BCUT2D eigenvalue weighted by atomic mass is 9.96. The van der Waals surface area contributed by atoms with Gasteiger partial charge in [0.05, 0.1) is 15.0 Å². The maximum absolute atomic E-state index is 12.5. The van der Waals surface area contributed by atoms with Gasteiger partial charge in [-0.1, -0.05) is 28.1 Å². The molecule has 1 saturated heterocycles. The van der Waals surface area contributed by atoms with Crippen LogP contribution in [0.2, 0.25) is 0 Å². The van der Waals surface area contributed by atoms with Gasteiger partial charge in [0.25, 0.3) is 0 Å². The van der Waals surface area contributed by atoms with E-state index in [-0.39, 0.29) is 42.4 Å². The molecule has 2 aromatic carbocycles. The summed E-state index contributed by atoms with van der Waals surface area (Å²) in [6.07, 6.45) is -4.73. The molecule has 1 aliphatic heterocycles. The molecule has 1 aliphatic rings. The average molecular weight is 662 g/mol. The molecule has 30 heavy (non-hydrogen) atoms. The smallest absolute Gasteiger partial charge is 0.506 e. The van der Waals surface area contributed by atoms with E-state index in [0.717, 1.165) is 41.8 Å². The fraction of sp³-hybridized carbons (Fsp3) is 0.333. The van der Waals surface area contributed by atoms with Gasteiger partial charge in [-0.15, -0.1) is 38.0 Å². The van der Waals surface area contributed by atoms with Crippen molar-refractivity contribution in [2.75, 3.05) is 26.2 Å². The Balaban J connectivity index is 0.00000225. The summed E-state index contributed by atoms with van der Waals surface area (Å²) in [5.74, 6) is -0.206. The van der Waals surface area contributed by atoms with Crippen LogP contribution < -0.4 is 10.1 Å². The minimum Gasteiger partial charge on any atom is -0.506 e. The van der Waals surface area contributed by atoms with Crippen LogP contribution in [0, 0.1) is 0 Å². The van der Waals surface area contributed by atoms with Crippen LogP contribution >= 0.6 is 72.6 Å². The quantitative estimate of drug-likeness (QED) is 0.398. The van der Waals surface area contributed by atoms with Crippen molar-refractivity contribution in [3.8, 4) is 11.5 Å². The number of hydrogen-bond donors (Lipinski definition) is 2. The third-order valence-corrected chi connectivity index (χ3v) is 6.46. The Hall–Kier alpha value is -0.230. The molecule has 2 aromatic rings. The molecule has 0 bridgehead atoms. The molecular weight excluding hydrogens is 644 g/mol. The van der Waals surface area contributed by atoms with E-state index >= 15 is 0 Å². The first-order valence-electron chi connectivity index (χ1n) is 8.34. The Bertz CT molecular complexity index is 852. The van der Waals surface area contributed by atoms with Crippen LogP contribution in [-0.4, -0.2) is 42.5 Å². The summed E-state index contributed by atoms with van der Waals surface area (Å²) in [5.41, 5.74) is 1.59. The van der Waals surface area contributed by atoms with E-state index in [4.69, 9.17) is 0 Å². The number of nitrogens with zero attached hydrogens (tertiary/aromatic N) is 1. The zero-order chi connectivity index (χ0) is 20.5. The number of alkyl halides is 3. The molecule has 0 aliphatic carbocycles. The second-order valence-electron chi connectivity index (χ2n) is 6.22. The monoisotopic (exact) mass is 658 g/mol. The third kappa shape index (κ3) is 6.63. The number of hydrogen-bond acceptors (Lipinski definition) is 4. The van der Waals surface area contributed by atoms with Crippen molar-refractivity contribution in [1.82, 2.24) is 10.2 Å². The normalized spacial score (nSPS) is 15.7. The highest BCUT2D eigenvalue weighted by Crippen LogP contribution is 2.45. The highest BCUT2D eigenvalue weighted by molar-refractivity contribution is 9.11. The lowest BCUT2D eigenvalue weighted by Gasteiger charge is -2.36. The fourth-order valence-electron chi connectivity index (χ4n) is 3.20. The zero-order valence-corrected chi connectivity index (χ0v) is 21.6. The van der Waals surface area contributed by atoms with E-state index in [9.17, 15) is 18.3 Å². The van der Waals surface area contributed by atoms with Crippen molar-refractivity contribution < 1.29 is 23.0 Å². The minimum absolute atomic E-state index is 0. The summed E-state index contributed by atoms with van der Waals surface area (Å²) in [5, 5.41) is 13.7. The Morgan fingerprint density at radius 3 is 2.10 bits per heavy atom. The van der Waals surface area contributed by atoms with Crippen molar-refractivity contribution in [2.45, 2.75) is 12.4 Å². The van der Waals surface area contributed by atoms with Gasteiger partial charge in [-0.05, 0) is 55.6 Å². The molecule has 12 heteroatoms. The van der Waals surface area contributed by atoms with Crippen molar-refractivity contribution >= 4 is 72.6 Å². The van der Waals surface area contributed by atoms with Gasteiger partial charge in [-0.25, -0.2) is 0 Å². The van der Waals surface area contributed by atoms with Crippen LogP contribution in [0.5, 0.6) is 11.5 Å². The van der Waals surface area contributed by atoms with E-state index in [1.165, 1.54) is 12.1 Å². The molecule has 2 N–H and O–H groups in total. The maximum Gasteiger partial charge on any atom is 0.573 e. The van der Waals surface area contributed by atoms with Crippen LogP contribution in [0.1, 0.15) is 17.2 Å². The minimum atomic E-state index is -4.73. The standard InChI is InChI=1S/C18H16Br3F3N2O2.2ClH/c19-12-9-13(20)17(27)15(21)14(12)16(26-7-5-25-6-8-26)10-1-3-11(4-2-10)28-18(22,23)24;;/h1-4,9,16,25,27H,5-8H2;2*1H/t16-;;/m1../s1. The molecule has 0 radical (unpaired) electrons. The summed E-state index contributed by atoms with van der Waals surface area (Å²) in [4.78, 5) is 2.22. The van der Waals surface area contributed by atoms with E-state index in [2.05, 4.69) is 62.7 Å². The van der Waals surface area contributed by atoms with Gasteiger partial charge in [0.1, 0.15) is 11.5 Å².